The zero-order valence-electron chi connectivity index (χ0n) is 14.1. The lowest BCUT2D eigenvalue weighted by Crippen LogP contribution is -2.28. The van der Waals surface area contributed by atoms with E-state index < -0.39 is 5.97 Å². The molecule has 1 aliphatic carbocycles. The molecule has 22 heavy (non-hydrogen) atoms. The SMILES string of the molecule is CCCCNC1=C/C(=C(/N)C(=O)OCCCO)CC(C)(C)C1. The van der Waals surface area contributed by atoms with Crippen LogP contribution in [0.15, 0.2) is 23.0 Å². The van der Waals surface area contributed by atoms with Crippen molar-refractivity contribution >= 4 is 5.97 Å². The summed E-state index contributed by atoms with van der Waals surface area (Å²) in [5.74, 6) is -0.495. The van der Waals surface area contributed by atoms with E-state index in [0.29, 0.717) is 6.42 Å². The molecule has 0 aromatic carbocycles. The van der Waals surface area contributed by atoms with Crippen LogP contribution in [0.25, 0.3) is 0 Å². The van der Waals surface area contributed by atoms with Gasteiger partial charge in [-0.05, 0) is 36.3 Å². The van der Waals surface area contributed by atoms with Crippen LogP contribution >= 0.6 is 0 Å². The molecule has 0 fully saturated rings. The van der Waals surface area contributed by atoms with E-state index in [-0.39, 0.29) is 24.3 Å². The van der Waals surface area contributed by atoms with Crippen LogP contribution in [0, 0.1) is 5.41 Å². The molecule has 0 aromatic heterocycles. The maximum Gasteiger partial charge on any atom is 0.354 e. The predicted octanol–water partition coefficient (Wildman–Crippen LogP) is 2.22. The molecule has 126 valence electrons. The Morgan fingerprint density at radius 1 is 1.41 bits per heavy atom. The number of aliphatic hydroxyl groups is 1. The molecule has 5 nitrogen and oxygen atoms in total. The molecule has 0 aliphatic heterocycles. The molecule has 1 rings (SSSR count). The zero-order valence-corrected chi connectivity index (χ0v) is 14.1. The fourth-order valence-electron chi connectivity index (χ4n) is 2.56. The molecule has 0 saturated heterocycles. The van der Waals surface area contributed by atoms with Crippen LogP contribution in [0.1, 0.15) is 52.9 Å². The van der Waals surface area contributed by atoms with Gasteiger partial charge in [0.2, 0.25) is 0 Å². The number of nitrogens with two attached hydrogens (primary N) is 1. The zero-order chi connectivity index (χ0) is 16.6. The smallest absolute Gasteiger partial charge is 0.354 e. The quantitative estimate of drug-likeness (QED) is 0.364. The summed E-state index contributed by atoms with van der Waals surface area (Å²) in [6.45, 7) is 7.64. The van der Waals surface area contributed by atoms with Crippen LogP contribution in [-0.4, -0.2) is 30.8 Å². The fourth-order valence-corrected chi connectivity index (χ4v) is 2.56. The molecule has 0 amide bonds. The van der Waals surface area contributed by atoms with Crippen molar-refractivity contribution in [1.82, 2.24) is 5.32 Å². The van der Waals surface area contributed by atoms with Crippen molar-refractivity contribution in [3.05, 3.63) is 23.0 Å². The fraction of sp³-hybridized carbons (Fsp3) is 0.706. The Balaban J connectivity index is 2.81. The number of hydrogen-bond acceptors (Lipinski definition) is 5. The molecule has 0 radical (unpaired) electrons. The van der Waals surface area contributed by atoms with Crippen LogP contribution in [0.5, 0.6) is 0 Å². The van der Waals surface area contributed by atoms with Crippen molar-refractivity contribution in [2.24, 2.45) is 11.1 Å². The number of unbranched alkanes of at least 4 members (excludes halogenated alkanes) is 1. The van der Waals surface area contributed by atoms with Crippen molar-refractivity contribution in [1.29, 1.82) is 0 Å². The maximum atomic E-state index is 12.0. The number of carbonyl (C=O) groups excluding carboxylic acids is 1. The van der Waals surface area contributed by atoms with E-state index in [4.69, 9.17) is 15.6 Å². The summed E-state index contributed by atoms with van der Waals surface area (Å²) >= 11 is 0. The van der Waals surface area contributed by atoms with Gasteiger partial charge in [-0.25, -0.2) is 4.79 Å². The lowest BCUT2D eigenvalue weighted by atomic mass is 9.76. The van der Waals surface area contributed by atoms with Gasteiger partial charge in [0.1, 0.15) is 5.70 Å². The lowest BCUT2D eigenvalue weighted by molar-refractivity contribution is -0.139. The van der Waals surface area contributed by atoms with Gasteiger partial charge in [-0.1, -0.05) is 27.2 Å². The molecule has 0 spiro atoms. The number of rotatable bonds is 8. The second kappa shape index (κ2) is 8.83. The normalized spacial score (nSPS) is 19.4. The highest BCUT2D eigenvalue weighted by Gasteiger charge is 2.28. The van der Waals surface area contributed by atoms with Gasteiger partial charge in [-0.15, -0.1) is 0 Å². The van der Waals surface area contributed by atoms with Crippen LogP contribution in [-0.2, 0) is 9.53 Å². The maximum absolute atomic E-state index is 12.0. The number of allylic oxidation sites excluding steroid dienone is 3. The number of ether oxygens (including phenoxy) is 1. The number of aliphatic hydroxyl groups excluding tert-OH is 1. The summed E-state index contributed by atoms with van der Waals surface area (Å²) in [5, 5.41) is 12.2. The monoisotopic (exact) mass is 310 g/mol. The van der Waals surface area contributed by atoms with E-state index >= 15 is 0 Å². The standard InChI is InChI=1S/C17H30N2O3/c1-4-5-7-19-14-10-13(11-17(2,3)12-14)15(18)16(21)22-9-6-8-20/h10,19-20H,4-9,11-12,18H2,1-3H3/b15-13-. The van der Waals surface area contributed by atoms with E-state index in [1.54, 1.807) is 0 Å². The molecular formula is C17H30N2O3. The minimum atomic E-state index is -0.495. The molecule has 1 aliphatic rings. The van der Waals surface area contributed by atoms with E-state index in [9.17, 15) is 4.79 Å². The summed E-state index contributed by atoms with van der Waals surface area (Å²) in [7, 11) is 0. The van der Waals surface area contributed by atoms with Crippen molar-refractivity contribution in [2.75, 3.05) is 19.8 Å². The Bertz CT molecular complexity index is 439. The first-order chi connectivity index (χ1) is 10.4. The summed E-state index contributed by atoms with van der Waals surface area (Å²) in [6, 6.07) is 0. The van der Waals surface area contributed by atoms with Gasteiger partial charge >= 0.3 is 5.97 Å². The first-order valence-electron chi connectivity index (χ1n) is 8.10. The number of esters is 1. The predicted molar refractivity (Wildman–Crippen MR) is 87.9 cm³/mol. The molecule has 0 atom stereocenters. The first-order valence-corrected chi connectivity index (χ1v) is 8.10. The third-order valence-electron chi connectivity index (χ3n) is 3.67. The molecular weight excluding hydrogens is 280 g/mol. The van der Waals surface area contributed by atoms with Gasteiger partial charge < -0.3 is 20.9 Å². The Morgan fingerprint density at radius 3 is 2.77 bits per heavy atom. The minimum absolute atomic E-state index is 0.00217. The number of carbonyl (C=O) groups is 1. The summed E-state index contributed by atoms with van der Waals surface area (Å²) in [6.07, 6.45) is 6.39. The van der Waals surface area contributed by atoms with Crippen molar-refractivity contribution < 1.29 is 14.6 Å². The Hall–Kier alpha value is -1.49. The number of hydrogen-bond donors (Lipinski definition) is 3. The van der Waals surface area contributed by atoms with Crippen LogP contribution in [0.4, 0.5) is 0 Å². The van der Waals surface area contributed by atoms with E-state index in [1.807, 2.05) is 6.08 Å². The molecule has 5 heteroatoms. The molecule has 0 saturated carbocycles. The highest BCUT2D eigenvalue weighted by molar-refractivity contribution is 5.89. The molecule has 0 bridgehead atoms. The summed E-state index contributed by atoms with van der Waals surface area (Å²) in [4.78, 5) is 12.0. The highest BCUT2D eigenvalue weighted by atomic mass is 16.5. The van der Waals surface area contributed by atoms with Gasteiger partial charge in [0.05, 0.1) is 6.61 Å². The molecule has 0 unspecified atom stereocenters. The lowest BCUT2D eigenvalue weighted by Gasteiger charge is -2.32. The van der Waals surface area contributed by atoms with Crippen LogP contribution in [0.2, 0.25) is 0 Å². The van der Waals surface area contributed by atoms with Gasteiger partial charge in [-0.3, -0.25) is 0 Å². The summed E-state index contributed by atoms with van der Waals surface area (Å²) < 4.78 is 5.07. The first kappa shape index (κ1) is 18.6. The van der Waals surface area contributed by atoms with Crippen molar-refractivity contribution in [2.45, 2.75) is 52.9 Å². The Morgan fingerprint density at radius 2 is 2.14 bits per heavy atom. The van der Waals surface area contributed by atoms with E-state index in [0.717, 1.165) is 43.5 Å². The Kier molecular flexibility index (Phi) is 7.45. The average molecular weight is 310 g/mol. The molecule has 4 N–H and O–H groups in total. The molecule has 0 heterocycles. The second-order valence-electron chi connectivity index (χ2n) is 6.62. The van der Waals surface area contributed by atoms with Gasteiger partial charge in [0, 0.05) is 25.3 Å². The van der Waals surface area contributed by atoms with Crippen molar-refractivity contribution in [3.63, 3.8) is 0 Å². The van der Waals surface area contributed by atoms with E-state index in [2.05, 4.69) is 26.1 Å². The van der Waals surface area contributed by atoms with Crippen LogP contribution < -0.4 is 11.1 Å². The largest absolute Gasteiger partial charge is 0.461 e. The van der Waals surface area contributed by atoms with E-state index in [1.165, 1.54) is 0 Å². The molecule has 0 aromatic rings. The average Bonchev–Trinajstić information content (AvgIpc) is 2.45. The third kappa shape index (κ3) is 6.10. The summed E-state index contributed by atoms with van der Waals surface area (Å²) in [5.41, 5.74) is 8.20. The second-order valence-corrected chi connectivity index (χ2v) is 6.62. The number of nitrogens with one attached hydrogen (secondary N) is 1. The van der Waals surface area contributed by atoms with Crippen molar-refractivity contribution in [3.8, 4) is 0 Å². The topological polar surface area (TPSA) is 84.6 Å². The van der Waals surface area contributed by atoms with Gasteiger partial charge in [0.25, 0.3) is 0 Å². The van der Waals surface area contributed by atoms with Crippen LogP contribution in [0.3, 0.4) is 0 Å². The Labute approximate surface area is 133 Å². The third-order valence-corrected chi connectivity index (χ3v) is 3.67. The van der Waals surface area contributed by atoms with Gasteiger partial charge in [0.15, 0.2) is 0 Å². The minimum Gasteiger partial charge on any atom is -0.461 e. The highest BCUT2D eigenvalue weighted by Crippen LogP contribution is 2.37. The van der Waals surface area contributed by atoms with Gasteiger partial charge in [-0.2, -0.15) is 0 Å².